The molecule has 23 heavy (non-hydrogen) atoms. The maximum Gasteiger partial charge on any atom is 0.147 e. The minimum atomic E-state index is 0.481. The van der Waals surface area contributed by atoms with Crippen molar-refractivity contribution in [1.82, 2.24) is 19.9 Å². The van der Waals surface area contributed by atoms with Crippen molar-refractivity contribution in [1.29, 1.82) is 0 Å². The van der Waals surface area contributed by atoms with Crippen LogP contribution in [0.5, 0.6) is 0 Å². The Morgan fingerprint density at radius 1 is 1.04 bits per heavy atom. The number of halogens is 1. The number of hydrogen-bond acceptors (Lipinski definition) is 6. The Kier molecular flexibility index (Phi) is 3.88. The molecule has 0 aliphatic carbocycles. The molecule has 0 N–H and O–H groups in total. The van der Waals surface area contributed by atoms with Crippen molar-refractivity contribution in [3.63, 3.8) is 0 Å². The van der Waals surface area contributed by atoms with E-state index in [1.807, 2.05) is 13.1 Å². The number of nitrogens with zero attached hydrogens (tertiary/aromatic N) is 6. The molecule has 0 spiro atoms. The van der Waals surface area contributed by atoms with E-state index in [-0.39, 0.29) is 0 Å². The molecule has 4 rings (SSSR count). The van der Waals surface area contributed by atoms with E-state index in [1.165, 1.54) is 12.8 Å². The summed E-state index contributed by atoms with van der Waals surface area (Å²) in [6.07, 6.45) is 7.73. The molecule has 2 saturated heterocycles. The van der Waals surface area contributed by atoms with Gasteiger partial charge in [-0.2, -0.15) is 0 Å². The fourth-order valence-corrected chi connectivity index (χ4v) is 3.91. The number of piperidine rings is 1. The van der Waals surface area contributed by atoms with E-state index in [4.69, 9.17) is 0 Å². The molecule has 2 aromatic heterocycles. The summed E-state index contributed by atoms with van der Waals surface area (Å²) in [7, 11) is 0. The Bertz CT molecular complexity index is 691. The zero-order chi connectivity index (χ0) is 15.8. The van der Waals surface area contributed by atoms with Crippen LogP contribution < -0.4 is 9.80 Å². The zero-order valence-corrected chi connectivity index (χ0v) is 14.6. The monoisotopic (exact) mass is 374 g/mol. The Morgan fingerprint density at radius 3 is 2.70 bits per heavy atom. The van der Waals surface area contributed by atoms with Gasteiger partial charge in [0.25, 0.3) is 0 Å². The number of fused-ring (bicyclic) bond motifs is 1. The van der Waals surface area contributed by atoms with Crippen LogP contribution in [0.3, 0.4) is 0 Å². The molecule has 2 aliphatic rings. The van der Waals surface area contributed by atoms with E-state index in [1.54, 1.807) is 12.5 Å². The third-order valence-corrected chi connectivity index (χ3v) is 5.29. The van der Waals surface area contributed by atoms with Gasteiger partial charge in [-0.3, -0.25) is 0 Å². The number of rotatable bonds is 2. The Morgan fingerprint density at radius 2 is 1.91 bits per heavy atom. The normalized spacial score (nSPS) is 23.9. The first-order chi connectivity index (χ1) is 11.2. The second-order valence-electron chi connectivity index (χ2n) is 6.26. The second-order valence-corrected chi connectivity index (χ2v) is 7.07. The lowest BCUT2D eigenvalue weighted by Crippen LogP contribution is -2.48. The number of aromatic nitrogens is 4. The zero-order valence-electron chi connectivity index (χ0n) is 13.1. The lowest BCUT2D eigenvalue weighted by Gasteiger charge is -2.39. The van der Waals surface area contributed by atoms with E-state index in [0.717, 1.165) is 47.5 Å². The fourth-order valence-electron chi connectivity index (χ4n) is 3.70. The highest BCUT2D eigenvalue weighted by Gasteiger charge is 2.39. The summed E-state index contributed by atoms with van der Waals surface area (Å²) in [5, 5.41) is 0. The van der Waals surface area contributed by atoms with Crippen LogP contribution in [0, 0.1) is 12.8 Å². The van der Waals surface area contributed by atoms with Crippen LogP contribution in [0.15, 0.2) is 29.4 Å². The minimum Gasteiger partial charge on any atom is -0.354 e. The number of hydrogen-bond donors (Lipinski definition) is 0. The molecule has 2 aliphatic heterocycles. The van der Waals surface area contributed by atoms with Crippen LogP contribution in [0.1, 0.15) is 18.5 Å². The maximum atomic E-state index is 4.54. The molecule has 0 saturated carbocycles. The summed E-state index contributed by atoms with van der Waals surface area (Å²) < 4.78 is 0.777. The minimum absolute atomic E-state index is 0.481. The topological polar surface area (TPSA) is 58.0 Å². The molecule has 0 amide bonds. The van der Waals surface area contributed by atoms with Crippen LogP contribution >= 0.6 is 15.9 Å². The van der Waals surface area contributed by atoms with E-state index in [0.29, 0.717) is 6.04 Å². The molecular formula is C16H19BrN6. The number of aryl methyl sites for hydroxylation is 1. The van der Waals surface area contributed by atoms with Crippen molar-refractivity contribution >= 4 is 27.6 Å². The molecule has 2 fully saturated rings. The lowest BCUT2D eigenvalue weighted by atomic mass is 9.92. The first-order valence-corrected chi connectivity index (χ1v) is 8.78. The standard InChI is InChI=1S/C16H19BrN6/c1-11-6-15(21-10-20-11)22-4-2-12-3-5-23(13(12)9-22)16-8-18-14(17)7-19-16/h6-8,10,12-13H,2-5,9H2,1H3. The number of anilines is 2. The van der Waals surface area contributed by atoms with Gasteiger partial charge in [-0.1, -0.05) is 0 Å². The third kappa shape index (κ3) is 2.89. The van der Waals surface area contributed by atoms with Crippen molar-refractivity contribution in [2.75, 3.05) is 29.4 Å². The molecule has 4 heterocycles. The predicted octanol–water partition coefficient (Wildman–Crippen LogP) is 2.44. The highest BCUT2D eigenvalue weighted by molar-refractivity contribution is 9.10. The van der Waals surface area contributed by atoms with Crippen LogP contribution in [0.4, 0.5) is 11.6 Å². The van der Waals surface area contributed by atoms with Crippen molar-refractivity contribution in [3.8, 4) is 0 Å². The average Bonchev–Trinajstić information content (AvgIpc) is 2.99. The van der Waals surface area contributed by atoms with Gasteiger partial charge in [0.05, 0.1) is 18.4 Å². The maximum absolute atomic E-state index is 4.54. The summed E-state index contributed by atoms with van der Waals surface area (Å²) in [4.78, 5) is 22.3. The van der Waals surface area contributed by atoms with Gasteiger partial charge in [-0.05, 0) is 41.6 Å². The molecule has 2 unspecified atom stereocenters. The second kappa shape index (κ2) is 6.03. The first-order valence-electron chi connectivity index (χ1n) is 7.98. The first kappa shape index (κ1) is 14.8. The fraction of sp³-hybridized carbons (Fsp3) is 0.500. The predicted molar refractivity (Wildman–Crippen MR) is 92.6 cm³/mol. The van der Waals surface area contributed by atoms with E-state index in [2.05, 4.69) is 51.7 Å². The molecule has 0 radical (unpaired) electrons. The van der Waals surface area contributed by atoms with Crippen LogP contribution in [0.2, 0.25) is 0 Å². The molecule has 2 aromatic rings. The van der Waals surface area contributed by atoms with Gasteiger partial charge in [-0.15, -0.1) is 0 Å². The van der Waals surface area contributed by atoms with Gasteiger partial charge >= 0.3 is 0 Å². The van der Waals surface area contributed by atoms with E-state index >= 15 is 0 Å². The molecule has 7 heteroatoms. The summed E-state index contributed by atoms with van der Waals surface area (Å²) in [6, 6.07) is 2.55. The van der Waals surface area contributed by atoms with Crippen LogP contribution in [0.25, 0.3) is 0 Å². The smallest absolute Gasteiger partial charge is 0.147 e. The van der Waals surface area contributed by atoms with Gasteiger partial charge in [0.2, 0.25) is 0 Å². The van der Waals surface area contributed by atoms with Crippen LogP contribution in [-0.4, -0.2) is 45.6 Å². The summed E-state index contributed by atoms with van der Waals surface area (Å²) in [6.45, 7) is 5.12. The Labute approximate surface area is 144 Å². The third-order valence-electron chi connectivity index (χ3n) is 4.88. The summed E-state index contributed by atoms with van der Waals surface area (Å²) >= 11 is 3.36. The quantitative estimate of drug-likeness (QED) is 0.804. The van der Waals surface area contributed by atoms with Gasteiger partial charge in [0.1, 0.15) is 22.6 Å². The summed E-state index contributed by atoms with van der Waals surface area (Å²) in [5.74, 6) is 2.74. The molecule has 120 valence electrons. The van der Waals surface area contributed by atoms with Crippen molar-refractivity contribution in [3.05, 3.63) is 35.1 Å². The molecule has 0 aromatic carbocycles. The van der Waals surface area contributed by atoms with Crippen molar-refractivity contribution in [2.45, 2.75) is 25.8 Å². The van der Waals surface area contributed by atoms with Gasteiger partial charge in [0.15, 0.2) is 0 Å². The lowest BCUT2D eigenvalue weighted by molar-refractivity contribution is 0.388. The largest absolute Gasteiger partial charge is 0.354 e. The SMILES string of the molecule is Cc1cc(N2CCC3CCN(c4cnc(Br)cn4)C3C2)ncn1. The van der Waals surface area contributed by atoms with Crippen molar-refractivity contribution < 1.29 is 0 Å². The molecule has 6 nitrogen and oxygen atoms in total. The van der Waals surface area contributed by atoms with Gasteiger partial charge in [-0.25, -0.2) is 19.9 Å². The Balaban J connectivity index is 1.56. The average molecular weight is 375 g/mol. The molecular weight excluding hydrogens is 356 g/mol. The van der Waals surface area contributed by atoms with Crippen LogP contribution in [-0.2, 0) is 0 Å². The van der Waals surface area contributed by atoms with E-state index in [9.17, 15) is 0 Å². The van der Waals surface area contributed by atoms with Crippen molar-refractivity contribution in [2.24, 2.45) is 5.92 Å². The highest BCUT2D eigenvalue weighted by atomic mass is 79.9. The highest BCUT2D eigenvalue weighted by Crippen LogP contribution is 2.35. The molecule has 0 bridgehead atoms. The van der Waals surface area contributed by atoms with E-state index < -0.39 is 0 Å². The summed E-state index contributed by atoms with van der Waals surface area (Å²) in [5.41, 5.74) is 1.01. The Hall–Kier alpha value is -1.76. The molecule has 2 atom stereocenters. The van der Waals surface area contributed by atoms with Gasteiger partial charge < -0.3 is 9.80 Å². The van der Waals surface area contributed by atoms with Gasteiger partial charge in [0, 0.05) is 31.4 Å².